The number of rotatable bonds is 3. The van der Waals surface area contributed by atoms with E-state index in [4.69, 9.17) is 0 Å². The Morgan fingerprint density at radius 2 is 1.89 bits per heavy atom. The maximum atomic E-state index is 3.35. The molecule has 1 aromatic heterocycles. The second kappa shape index (κ2) is 4.91. The Bertz CT molecular complexity index is 655. The monoisotopic (exact) mass is 253 g/mol. The van der Waals surface area contributed by atoms with Crippen molar-refractivity contribution in [3.8, 4) is 0 Å². The average Bonchev–Trinajstić information content (AvgIpc) is 2.82. The van der Waals surface area contributed by atoms with E-state index in [1.54, 1.807) is 11.8 Å². The molecule has 0 amide bonds. The number of fused-ring (bicyclic) bond motifs is 1. The van der Waals surface area contributed by atoms with Crippen LogP contribution in [0.3, 0.4) is 0 Å². The Labute approximate surface area is 111 Å². The highest BCUT2D eigenvalue weighted by Crippen LogP contribution is 2.25. The first kappa shape index (κ1) is 11.4. The molecule has 0 saturated heterocycles. The highest BCUT2D eigenvalue weighted by atomic mass is 32.2. The van der Waals surface area contributed by atoms with Gasteiger partial charge in [0.2, 0.25) is 0 Å². The van der Waals surface area contributed by atoms with Gasteiger partial charge in [0.25, 0.3) is 0 Å². The second-order valence-electron chi connectivity index (χ2n) is 4.39. The fourth-order valence-corrected chi connectivity index (χ4v) is 2.69. The van der Waals surface area contributed by atoms with Crippen molar-refractivity contribution < 1.29 is 0 Å². The molecule has 0 spiro atoms. The van der Waals surface area contributed by atoms with Crippen molar-refractivity contribution >= 4 is 22.7 Å². The predicted octanol–water partition coefficient (Wildman–Crippen LogP) is 4.48. The minimum atomic E-state index is 0.985. The van der Waals surface area contributed by atoms with E-state index in [1.165, 1.54) is 26.9 Å². The van der Waals surface area contributed by atoms with E-state index in [-0.39, 0.29) is 0 Å². The number of nitrogens with one attached hydrogen (secondary N) is 1. The van der Waals surface area contributed by atoms with Gasteiger partial charge in [-0.1, -0.05) is 30.3 Å². The molecule has 0 aliphatic rings. The van der Waals surface area contributed by atoms with Crippen LogP contribution in [-0.4, -0.2) is 11.2 Å². The van der Waals surface area contributed by atoms with Gasteiger partial charge in [-0.2, -0.15) is 0 Å². The highest BCUT2D eigenvalue weighted by Gasteiger charge is 2.05. The lowest BCUT2D eigenvalue weighted by Crippen LogP contribution is -1.85. The number of aromatic nitrogens is 1. The Hall–Kier alpha value is -1.67. The third-order valence-corrected chi connectivity index (χ3v) is 3.94. The Morgan fingerprint density at radius 3 is 2.67 bits per heavy atom. The van der Waals surface area contributed by atoms with Crippen LogP contribution >= 0.6 is 11.8 Å². The topological polar surface area (TPSA) is 15.8 Å². The van der Waals surface area contributed by atoms with Crippen molar-refractivity contribution in [1.82, 2.24) is 4.98 Å². The zero-order valence-corrected chi connectivity index (χ0v) is 11.1. The molecule has 2 heteroatoms. The van der Waals surface area contributed by atoms with Gasteiger partial charge in [-0.05, 0) is 42.0 Å². The summed E-state index contributed by atoms with van der Waals surface area (Å²) < 4.78 is 0. The van der Waals surface area contributed by atoms with Crippen LogP contribution in [0.5, 0.6) is 0 Å². The molecule has 0 aliphatic heterocycles. The van der Waals surface area contributed by atoms with Gasteiger partial charge in [0.05, 0.1) is 0 Å². The van der Waals surface area contributed by atoms with Crippen LogP contribution in [-0.2, 0) is 6.42 Å². The number of hydrogen-bond acceptors (Lipinski definition) is 1. The molecule has 2 aromatic carbocycles. The molecule has 3 aromatic rings. The third kappa shape index (κ3) is 2.16. The Morgan fingerprint density at radius 1 is 1.06 bits per heavy atom. The summed E-state index contributed by atoms with van der Waals surface area (Å²) in [6.45, 7) is 0. The summed E-state index contributed by atoms with van der Waals surface area (Å²) in [7, 11) is 0. The first-order valence-corrected chi connectivity index (χ1v) is 7.27. The summed E-state index contributed by atoms with van der Waals surface area (Å²) >= 11 is 1.79. The number of benzene rings is 2. The van der Waals surface area contributed by atoms with Crippen molar-refractivity contribution in [2.75, 3.05) is 6.26 Å². The predicted molar refractivity (Wildman–Crippen MR) is 79.3 cm³/mol. The van der Waals surface area contributed by atoms with Crippen LogP contribution < -0.4 is 0 Å². The molecular formula is C16H15NS. The normalized spacial score (nSPS) is 10.9. The maximum Gasteiger partial charge on any atom is 0.0457 e. The smallest absolute Gasteiger partial charge is 0.0457 e. The standard InChI is InChI=1S/C16H15NS/c1-18-14-7-8-16-15(10-14)13(11-17-16)9-12-5-3-2-4-6-12/h2-8,10-11,17H,9H2,1H3. The van der Waals surface area contributed by atoms with Crippen LogP contribution in [0.1, 0.15) is 11.1 Å². The lowest BCUT2D eigenvalue weighted by Gasteiger charge is -2.01. The molecule has 90 valence electrons. The van der Waals surface area contributed by atoms with Crippen LogP contribution in [0.4, 0.5) is 0 Å². The molecule has 0 saturated carbocycles. The van der Waals surface area contributed by atoms with E-state index in [9.17, 15) is 0 Å². The van der Waals surface area contributed by atoms with Crippen LogP contribution in [0.2, 0.25) is 0 Å². The van der Waals surface area contributed by atoms with Crippen LogP contribution in [0.15, 0.2) is 59.6 Å². The van der Waals surface area contributed by atoms with Gasteiger partial charge in [-0.15, -0.1) is 11.8 Å². The van der Waals surface area contributed by atoms with E-state index < -0.39 is 0 Å². The molecule has 1 N–H and O–H groups in total. The van der Waals surface area contributed by atoms with Gasteiger partial charge in [-0.25, -0.2) is 0 Å². The fourth-order valence-electron chi connectivity index (χ4n) is 2.25. The van der Waals surface area contributed by atoms with Gasteiger partial charge in [0.15, 0.2) is 0 Å². The zero-order valence-electron chi connectivity index (χ0n) is 10.3. The minimum absolute atomic E-state index is 0.985. The summed E-state index contributed by atoms with van der Waals surface area (Å²) in [5, 5.41) is 1.34. The molecule has 0 atom stereocenters. The first-order valence-electron chi connectivity index (χ1n) is 6.05. The molecule has 0 fully saturated rings. The fraction of sp³-hybridized carbons (Fsp3) is 0.125. The van der Waals surface area contributed by atoms with E-state index in [0.717, 1.165) is 6.42 Å². The molecule has 0 aliphatic carbocycles. The number of H-pyrrole nitrogens is 1. The quantitative estimate of drug-likeness (QED) is 0.680. The van der Waals surface area contributed by atoms with E-state index in [0.29, 0.717) is 0 Å². The van der Waals surface area contributed by atoms with Gasteiger partial charge in [0, 0.05) is 22.0 Å². The third-order valence-electron chi connectivity index (χ3n) is 3.21. The van der Waals surface area contributed by atoms with Gasteiger partial charge in [-0.3, -0.25) is 0 Å². The molecular weight excluding hydrogens is 238 g/mol. The summed E-state index contributed by atoms with van der Waals surface area (Å²) in [6, 6.07) is 17.2. The van der Waals surface area contributed by atoms with E-state index in [2.05, 4.69) is 66.0 Å². The number of hydrogen-bond donors (Lipinski definition) is 1. The van der Waals surface area contributed by atoms with Crippen molar-refractivity contribution in [2.24, 2.45) is 0 Å². The molecule has 1 heterocycles. The number of thioether (sulfide) groups is 1. The minimum Gasteiger partial charge on any atom is -0.361 e. The van der Waals surface area contributed by atoms with Crippen molar-refractivity contribution in [3.05, 3.63) is 65.9 Å². The van der Waals surface area contributed by atoms with Gasteiger partial charge in [0.1, 0.15) is 0 Å². The molecule has 0 bridgehead atoms. The number of aromatic amines is 1. The Kier molecular flexibility index (Phi) is 3.11. The Balaban J connectivity index is 2.01. The highest BCUT2D eigenvalue weighted by molar-refractivity contribution is 7.98. The largest absolute Gasteiger partial charge is 0.361 e. The van der Waals surface area contributed by atoms with Crippen LogP contribution in [0, 0.1) is 0 Å². The van der Waals surface area contributed by atoms with Gasteiger partial charge >= 0.3 is 0 Å². The second-order valence-corrected chi connectivity index (χ2v) is 5.27. The molecule has 18 heavy (non-hydrogen) atoms. The van der Waals surface area contributed by atoms with E-state index in [1.807, 2.05) is 0 Å². The van der Waals surface area contributed by atoms with E-state index >= 15 is 0 Å². The zero-order chi connectivity index (χ0) is 12.4. The summed E-state index contributed by atoms with van der Waals surface area (Å²) in [4.78, 5) is 4.67. The average molecular weight is 253 g/mol. The van der Waals surface area contributed by atoms with Crippen molar-refractivity contribution in [1.29, 1.82) is 0 Å². The molecule has 0 unspecified atom stereocenters. The lowest BCUT2D eigenvalue weighted by molar-refractivity contribution is 1.21. The summed E-state index contributed by atoms with van der Waals surface area (Å²) in [5.74, 6) is 0. The van der Waals surface area contributed by atoms with Crippen LogP contribution in [0.25, 0.3) is 10.9 Å². The summed E-state index contributed by atoms with van der Waals surface area (Å²) in [5.41, 5.74) is 3.94. The maximum absolute atomic E-state index is 3.35. The lowest BCUT2D eigenvalue weighted by atomic mass is 10.0. The van der Waals surface area contributed by atoms with Crippen molar-refractivity contribution in [3.63, 3.8) is 0 Å². The molecule has 1 nitrogen and oxygen atoms in total. The van der Waals surface area contributed by atoms with Gasteiger partial charge < -0.3 is 4.98 Å². The molecule has 3 rings (SSSR count). The SMILES string of the molecule is CSc1ccc2[nH]cc(Cc3ccccc3)c2c1. The van der Waals surface area contributed by atoms with Crippen molar-refractivity contribution in [2.45, 2.75) is 11.3 Å². The summed E-state index contributed by atoms with van der Waals surface area (Å²) in [6.07, 6.45) is 5.23. The molecule has 0 radical (unpaired) electrons. The first-order chi connectivity index (χ1) is 8.86.